The molecule has 2 aromatic rings. The maximum absolute atomic E-state index is 6.09. The van der Waals surface area contributed by atoms with Crippen LogP contribution in [0.5, 0.6) is 0 Å². The SMILES string of the molecule is Cn1c(N)nnc1SCC(N)c1ccccc1. The highest BCUT2D eigenvalue weighted by molar-refractivity contribution is 7.99. The maximum Gasteiger partial charge on any atom is 0.222 e. The zero-order valence-electron chi connectivity index (χ0n) is 9.58. The second-order valence-electron chi connectivity index (χ2n) is 3.73. The van der Waals surface area contributed by atoms with Gasteiger partial charge in [-0.2, -0.15) is 0 Å². The zero-order chi connectivity index (χ0) is 12.3. The molecular weight excluding hydrogens is 234 g/mol. The third-order valence-electron chi connectivity index (χ3n) is 2.49. The average molecular weight is 249 g/mol. The van der Waals surface area contributed by atoms with E-state index >= 15 is 0 Å². The Morgan fingerprint density at radius 3 is 2.59 bits per heavy atom. The van der Waals surface area contributed by atoms with Crippen molar-refractivity contribution in [3.63, 3.8) is 0 Å². The Morgan fingerprint density at radius 1 is 1.29 bits per heavy atom. The van der Waals surface area contributed by atoms with Crippen molar-refractivity contribution >= 4 is 17.7 Å². The Balaban J connectivity index is 1.97. The summed E-state index contributed by atoms with van der Waals surface area (Å²) in [5.41, 5.74) is 12.8. The molecule has 1 aromatic carbocycles. The number of nitrogens with two attached hydrogens (primary N) is 2. The molecule has 0 fully saturated rings. The third kappa shape index (κ3) is 2.78. The number of benzene rings is 1. The molecule has 0 radical (unpaired) electrons. The number of rotatable bonds is 4. The molecule has 1 atom stereocenters. The van der Waals surface area contributed by atoms with E-state index in [-0.39, 0.29) is 6.04 Å². The van der Waals surface area contributed by atoms with E-state index in [1.165, 1.54) is 0 Å². The van der Waals surface area contributed by atoms with Crippen LogP contribution in [0.4, 0.5) is 5.95 Å². The molecule has 1 aromatic heterocycles. The number of hydrogen-bond donors (Lipinski definition) is 2. The van der Waals surface area contributed by atoms with E-state index in [9.17, 15) is 0 Å². The molecule has 0 bridgehead atoms. The second kappa shape index (κ2) is 5.20. The molecular formula is C11H15N5S. The molecule has 0 amide bonds. The minimum absolute atomic E-state index is 0.0147. The fraction of sp³-hybridized carbons (Fsp3) is 0.273. The van der Waals surface area contributed by atoms with Gasteiger partial charge < -0.3 is 11.5 Å². The third-order valence-corrected chi connectivity index (χ3v) is 3.63. The topological polar surface area (TPSA) is 82.8 Å². The molecule has 17 heavy (non-hydrogen) atoms. The quantitative estimate of drug-likeness (QED) is 0.795. The summed E-state index contributed by atoms with van der Waals surface area (Å²) in [4.78, 5) is 0. The van der Waals surface area contributed by atoms with E-state index < -0.39 is 0 Å². The van der Waals surface area contributed by atoms with Crippen molar-refractivity contribution in [1.29, 1.82) is 0 Å². The van der Waals surface area contributed by atoms with Crippen LogP contribution in [-0.2, 0) is 7.05 Å². The summed E-state index contributed by atoms with van der Waals surface area (Å²) in [5.74, 6) is 1.16. The molecule has 0 saturated carbocycles. The summed E-state index contributed by atoms with van der Waals surface area (Å²) in [6, 6.07) is 9.98. The minimum Gasteiger partial charge on any atom is -0.368 e. The van der Waals surface area contributed by atoms with Gasteiger partial charge in [-0.15, -0.1) is 10.2 Å². The van der Waals surface area contributed by atoms with Crippen LogP contribution in [0.2, 0.25) is 0 Å². The highest BCUT2D eigenvalue weighted by Crippen LogP contribution is 2.22. The maximum atomic E-state index is 6.09. The van der Waals surface area contributed by atoms with Gasteiger partial charge in [0.05, 0.1) is 0 Å². The first kappa shape index (κ1) is 11.9. The predicted molar refractivity (Wildman–Crippen MR) is 69.5 cm³/mol. The molecule has 90 valence electrons. The Hall–Kier alpha value is -1.53. The molecule has 6 heteroatoms. The van der Waals surface area contributed by atoms with Gasteiger partial charge in [-0.05, 0) is 5.56 Å². The van der Waals surface area contributed by atoms with Crippen molar-refractivity contribution in [1.82, 2.24) is 14.8 Å². The first-order chi connectivity index (χ1) is 8.18. The molecule has 1 heterocycles. The molecule has 0 aliphatic carbocycles. The summed E-state index contributed by atoms with van der Waals surface area (Å²) in [5, 5.41) is 8.56. The van der Waals surface area contributed by atoms with Gasteiger partial charge in [0.15, 0.2) is 5.16 Å². The predicted octanol–water partition coefficient (Wildman–Crippen LogP) is 1.19. The summed E-state index contributed by atoms with van der Waals surface area (Å²) < 4.78 is 1.75. The number of nitrogens with zero attached hydrogens (tertiary/aromatic N) is 3. The van der Waals surface area contributed by atoms with Crippen molar-refractivity contribution in [2.45, 2.75) is 11.2 Å². The minimum atomic E-state index is -0.0147. The van der Waals surface area contributed by atoms with Crippen molar-refractivity contribution in [3.8, 4) is 0 Å². The molecule has 0 spiro atoms. The van der Waals surface area contributed by atoms with Crippen LogP contribution in [0.3, 0.4) is 0 Å². The average Bonchev–Trinajstić information content (AvgIpc) is 2.68. The van der Waals surface area contributed by atoms with Crippen molar-refractivity contribution in [2.75, 3.05) is 11.5 Å². The summed E-state index contributed by atoms with van der Waals surface area (Å²) >= 11 is 1.56. The Morgan fingerprint density at radius 2 is 2.00 bits per heavy atom. The monoisotopic (exact) mass is 249 g/mol. The van der Waals surface area contributed by atoms with E-state index in [1.54, 1.807) is 16.3 Å². The van der Waals surface area contributed by atoms with Crippen LogP contribution in [-0.4, -0.2) is 20.5 Å². The number of thioether (sulfide) groups is 1. The Labute approximate surface area is 104 Å². The zero-order valence-corrected chi connectivity index (χ0v) is 10.4. The highest BCUT2D eigenvalue weighted by Gasteiger charge is 2.10. The lowest BCUT2D eigenvalue weighted by Crippen LogP contribution is -2.13. The summed E-state index contributed by atoms with van der Waals surface area (Å²) in [6.07, 6.45) is 0. The van der Waals surface area contributed by atoms with Gasteiger partial charge in [-0.3, -0.25) is 4.57 Å². The first-order valence-electron chi connectivity index (χ1n) is 5.26. The lowest BCUT2D eigenvalue weighted by Gasteiger charge is -2.10. The molecule has 0 aliphatic rings. The van der Waals surface area contributed by atoms with E-state index in [2.05, 4.69) is 10.2 Å². The van der Waals surface area contributed by atoms with Gasteiger partial charge in [-0.25, -0.2) is 0 Å². The Bertz CT molecular complexity index is 482. The van der Waals surface area contributed by atoms with Gasteiger partial charge in [-0.1, -0.05) is 42.1 Å². The van der Waals surface area contributed by atoms with Gasteiger partial charge >= 0.3 is 0 Å². The molecule has 4 N–H and O–H groups in total. The molecule has 0 aliphatic heterocycles. The van der Waals surface area contributed by atoms with Crippen molar-refractivity contribution in [3.05, 3.63) is 35.9 Å². The van der Waals surface area contributed by atoms with E-state index in [0.717, 1.165) is 16.5 Å². The van der Waals surface area contributed by atoms with Crippen LogP contribution in [0, 0.1) is 0 Å². The van der Waals surface area contributed by atoms with Crippen LogP contribution < -0.4 is 11.5 Å². The van der Waals surface area contributed by atoms with E-state index in [0.29, 0.717) is 5.95 Å². The Kier molecular flexibility index (Phi) is 3.65. The lowest BCUT2D eigenvalue weighted by molar-refractivity contribution is 0.783. The van der Waals surface area contributed by atoms with Crippen LogP contribution in [0.15, 0.2) is 35.5 Å². The van der Waals surface area contributed by atoms with Gasteiger partial charge in [0.1, 0.15) is 0 Å². The largest absolute Gasteiger partial charge is 0.368 e. The normalized spacial score (nSPS) is 12.6. The van der Waals surface area contributed by atoms with E-state index in [1.807, 2.05) is 37.4 Å². The van der Waals surface area contributed by atoms with Crippen LogP contribution in [0.1, 0.15) is 11.6 Å². The molecule has 2 rings (SSSR count). The van der Waals surface area contributed by atoms with Crippen LogP contribution >= 0.6 is 11.8 Å². The number of anilines is 1. The molecule has 1 unspecified atom stereocenters. The van der Waals surface area contributed by atoms with Crippen LogP contribution in [0.25, 0.3) is 0 Å². The smallest absolute Gasteiger partial charge is 0.222 e. The fourth-order valence-corrected chi connectivity index (χ4v) is 2.32. The number of hydrogen-bond acceptors (Lipinski definition) is 5. The summed E-state index contributed by atoms with van der Waals surface area (Å²) in [6.45, 7) is 0. The van der Waals surface area contributed by atoms with Gasteiger partial charge in [0.2, 0.25) is 5.95 Å². The summed E-state index contributed by atoms with van der Waals surface area (Å²) in [7, 11) is 1.84. The fourth-order valence-electron chi connectivity index (χ4n) is 1.41. The molecule has 0 saturated heterocycles. The number of aromatic nitrogens is 3. The van der Waals surface area contributed by atoms with Gasteiger partial charge in [0.25, 0.3) is 0 Å². The van der Waals surface area contributed by atoms with Gasteiger partial charge in [0, 0.05) is 18.8 Å². The standard InChI is InChI=1S/C11H15N5S/c1-16-10(13)14-15-11(16)17-7-9(12)8-5-3-2-4-6-8/h2-6,9H,7,12H2,1H3,(H2,13,14). The highest BCUT2D eigenvalue weighted by atomic mass is 32.2. The molecule has 5 nitrogen and oxygen atoms in total. The lowest BCUT2D eigenvalue weighted by atomic mass is 10.1. The second-order valence-corrected chi connectivity index (χ2v) is 4.72. The van der Waals surface area contributed by atoms with Crippen molar-refractivity contribution in [2.24, 2.45) is 12.8 Å². The van der Waals surface area contributed by atoms with E-state index in [4.69, 9.17) is 11.5 Å². The first-order valence-corrected chi connectivity index (χ1v) is 6.25. The van der Waals surface area contributed by atoms with Crippen molar-refractivity contribution < 1.29 is 0 Å². The number of nitrogen functional groups attached to an aromatic ring is 1.